The van der Waals surface area contributed by atoms with Gasteiger partial charge in [0.15, 0.2) is 5.82 Å². The molecule has 222 valence electrons. The number of amides is 1. The third-order valence-electron chi connectivity index (χ3n) is 9.17. The summed E-state index contributed by atoms with van der Waals surface area (Å²) in [6, 6.07) is 13.0. The van der Waals surface area contributed by atoms with Gasteiger partial charge in [-0.2, -0.15) is 0 Å². The Bertz CT molecular complexity index is 1750. The Morgan fingerprint density at radius 2 is 1.77 bits per heavy atom. The maximum absolute atomic E-state index is 15.3. The zero-order valence-corrected chi connectivity index (χ0v) is 25.4. The average molecular weight is 599 g/mol. The van der Waals surface area contributed by atoms with Crippen molar-refractivity contribution in [3.63, 3.8) is 0 Å². The van der Waals surface area contributed by atoms with E-state index in [1.165, 1.54) is 46.5 Å². The van der Waals surface area contributed by atoms with Crippen molar-refractivity contribution in [1.29, 1.82) is 0 Å². The molecule has 0 spiro atoms. The Kier molecular flexibility index (Phi) is 7.05. The standard InChI is InChI=1S/C33H35FN6O2S/c1-19-14-26(34)25(16-27(19)37-32(41)29-17-24-20-4-5-21(15-20)30(24)43-29)28-18-39(3)33(42)31(36-28)35-22-6-8-23(9-7-22)40-12-10-38(2)11-13-40/h6-9,14,16-18,20-21H,4-5,10-13,15H2,1-3H3,(H,35,36)(H,37,41). The summed E-state index contributed by atoms with van der Waals surface area (Å²) in [6.07, 6.45) is 5.16. The molecule has 7 rings (SSSR count). The predicted molar refractivity (Wildman–Crippen MR) is 171 cm³/mol. The first-order valence-corrected chi connectivity index (χ1v) is 15.7. The van der Waals surface area contributed by atoms with E-state index >= 15 is 4.39 Å². The van der Waals surface area contributed by atoms with Crippen LogP contribution in [0.5, 0.6) is 0 Å². The number of hydrogen-bond acceptors (Lipinski definition) is 7. The molecule has 1 saturated carbocycles. The summed E-state index contributed by atoms with van der Waals surface area (Å²) < 4.78 is 16.7. The predicted octanol–water partition coefficient (Wildman–Crippen LogP) is 6.07. The molecule has 1 saturated heterocycles. The first kappa shape index (κ1) is 27.8. The van der Waals surface area contributed by atoms with Gasteiger partial charge in [-0.1, -0.05) is 0 Å². The molecule has 2 aliphatic carbocycles. The highest BCUT2D eigenvalue weighted by Gasteiger charge is 2.39. The summed E-state index contributed by atoms with van der Waals surface area (Å²) in [7, 11) is 3.75. The largest absolute Gasteiger partial charge is 0.369 e. The number of aromatic nitrogens is 2. The minimum atomic E-state index is -0.476. The van der Waals surface area contributed by atoms with Gasteiger partial charge in [-0.25, -0.2) is 9.37 Å². The van der Waals surface area contributed by atoms with E-state index < -0.39 is 5.82 Å². The number of rotatable bonds is 6. The van der Waals surface area contributed by atoms with Gasteiger partial charge in [0.1, 0.15) is 5.82 Å². The molecule has 2 aromatic carbocycles. The van der Waals surface area contributed by atoms with Crippen molar-refractivity contribution in [2.75, 3.05) is 48.8 Å². The highest BCUT2D eigenvalue weighted by atomic mass is 32.1. The molecule has 2 bridgehead atoms. The molecule has 1 aliphatic heterocycles. The van der Waals surface area contributed by atoms with E-state index in [-0.39, 0.29) is 22.8 Å². The van der Waals surface area contributed by atoms with Gasteiger partial charge in [-0.05, 0) is 98.7 Å². The van der Waals surface area contributed by atoms with Crippen molar-refractivity contribution in [3.8, 4) is 11.3 Å². The first-order valence-electron chi connectivity index (χ1n) is 14.9. The minimum Gasteiger partial charge on any atom is -0.369 e. The third-order valence-corrected chi connectivity index (χ3v) is 10.5. The number of thiophene rings is 1. The second-order valence-corrected chi connectivity index (χ2v) is 13.2. The van der Waals surface area contributed by atoms with Crippen LogP contribution in [0, 0.1) is 12.7 Å². The van der Waals surface area contributed by atoms with Crippen LogP contribution in [0.3, 0.4) is 0 Å². The molecule has 10 heteroatoms. The summed E-state index contributed by atoms with van der Waals surface area (Å²) in [5.41, 5.74) is 4.48. The number of carbonyl (C=O) groups excluding carboxylic acids is 1. The van der Waals surface area contributed by atoms with Gasteiger partial charge in [0.2, 0.25) is 0 Å². The lowest BCUT2D eigenvalue weighted by Gasteiger charge is -2.34. The van der Waals surface area contributed by atoms with E-state index in [1.807, 2.05) is 30.3 Å². The smallest absolute Gasteiger partial charge is 0.293 e. The summed E-state index contributed by atoms with van der Waals surface area (Å²) >= 11 is 1.59. The number of piperazine rings is 1. The molecular formula is C33H35FN6O2S. The van der Waals surface area contributed by atoms with Crippen LogP contribution in [0.15, 0.2) is 53.5 Å². The Morgan fingerprint density at radius 3 is 2.51 bits per heavy atom. The van der Waals surface area contributed by atoms with Gasteiger partial charge in [-0.3, -0.25) is 9.59 Å². The van der Waals surface area contributed by atoms with Crippen LogP contribution in [0.25, 0.3) is 11.3 Å². The highest BCUT2D eigenvalue weighted by molar-refractivity contribution is 7.14. The van der Waals surface area contributed by atoms with Gasteiger partial charge in [-0.15, -0.1) is 11.3 Å². The van der Waals surface area contributed by atoms with Gasteiger partial charge >= 0.3 is 0 Å². The van der Waals surface area contributed by atoms with E-state index in [1.54, 1.807) is 31.4 Å². The maximum Gasteiger partial charge on any atom is 0.293 e. The Hall–Kier alpha value is -4.02. The Labute approximate surface area is 254 Å². The van der Waals surface area contributed by atoms with E-state index in [0.717, 1.165) is 31.9 Å². The number of halogens is 1. The molecule has 3 aliphatic rings. The Morgan fingerprint density at radius 1 is 1.02 bits per heavy atom. The zero-order chi connectivity index (χ0) is 29.8. The monoisotopic (exact) mass is 598 g/mol. The second-order valence-electron chi connectivity index (χ2n) is 12.1. The molecule has 3 heterocycles. The van der Waals surface area contributed by atoms with Gasteiger partial charge in [0.25, 0.3) is 11.5 Å². The molecule has 4 aromatic rings. The second kappa shape index (κ2) is 10.9. The lowest BCUT2D eigenvalue weighted by atomic mass is 9.99. The van der Waals surface area contributed by atoms with Crippen LogP contribution < -0.4 is 21.1 Å². The van der Waals surface area contributed by atoms with Crippen LogP contribution in [0.2, 0.25) is 0 Å². The van der Waals surface area contributed by atoms with E-state index in [2.05, 4.69) is 32.5 Å². The zero-order valence-electron chi connectivity index (χ0n) is 24.6. The lowest BCUT2D eigenvalue weighted by molar-refractivity contribution is 0.103. The molecule has 8 nitrogen and oxygen atoms in total. The number of carbonyl (C=O) groups is 1. The third kappa shape index (κ3) is 5.23. The summed E-state index contributed by atoms with van der Waals surface area (Å²) in [6.45, 7) is 5.74. The molecule has 1 amide bonds. The molecule has 43 heavy (non-hydrogen) atoms. The normalized spacial score (nSPS) is 19.5. The molecule has 2 aromatic heterocycles. The van der Waals surface area contributed by atoms with Crippen molar-refractivity contribution >= 4 is 40.1 Å². The van der Waals surface area contributed by atoms with Crippen molar-refractivity contribution in [2.24, 2.45) is 7.05 Å². The molecular weight excluding hydrogens is 563 g/mol. The number of hydrogen-bond donors (Lipinski definition) is 2. The van der Waals surface area contributed by atoms with Crippen molar-refractivity contribution in [1.82, 2.24) is 14.5 Å². The molecule has 2 N–H and O–H groups in total. The van der Waals surface area contributed by atoms with Gasteiger partial charge < -0.3 is 25.0 Å². The van der Waals surface area contributed by atoms with Gasteiger partial charge in [0, 0.05) is 66.9 Å². The van der Waals surface area contributed by atoms with E-state index in [9.17, 15) is 9.59 Å². The topological polar surface area (TPSA) is 82.5 Å². The molecule has 2 fully saturated rings. The summed E-state index contributed by atoms with van der Waals surface area (Å²) in [4.78, 5) is 37.5. The van der Waals surface area contributed by atoms with Crippen LogP contribution >= 0.6 is 11.3 Å². The van der Waals surface area contributed by atoms with Crippen LogP contribution in [0.1, 0.15) is 56.8 Å². The average Bonchev–Trinajstić information content (AvgIpc) is 3.72. The number of fused-ring (bicyclic) bond motifs is 5. The molecule has 0 radical (unpaired) electrons. The van der Waals surface area contributed by atoms with Crippen molar-refractivity contribution < 1.29 is 9.18 Å². The van der Waals surface area contributed by atoms with Crippen LogP contribution in [-0.4, -0.2) is 53.6 Å². The SMILES string of the molecule is Cc1cc(F)c(-c2cn(C)c(=O)c(Nc3ccc(N4CCN(C)CC4)cc3)n2)cc1NC(=O)c1cc2c(s1)C1CCC2C1. The summed E-state index contributed by atoms with van der Waals surface area (Å²) in [5.74, 6) is 0.622. The fraction of sp³-hybridized carbons (Fsp3) is 0.364. The number of nitrogens with zero attached hydrogens (tertiary/aromatic N) is 4. The molecule has 2 unspecified atom stereocenters. The molecule has 2 atom stereocenters. The van der Waals surface area contributed by atoms with Crippen molar-refractivity contribution in [3.05, 3.63) is 85.7 Å². The van der Waals surface area contributed by atoms with E-state index in [4.69, 9.17) is 0 Å². The number of nitrogens with one attached hydrogen (secondary N) is 2. The Balaban J connectivity index is 1.13. The number of aryl methyl sites for hydroxylation is 2. The van der Waals surface area contributed by atoms with E-state index in [0.29, 0.717) is 39.3 Å². The van der Waals surface area contributed by atoms with Gasteiger partial charge in [0.05, 0.1) is 10.6 Å². The van der Waals surface area contributed by atoms with Crippen molar-refractivity contribution in [2.45, 2.75) is 38.0 Å². The first-order chi connectivity index (χ1) is 20.7. The summed E-state index contributed by atoms with van der Waals surface area (Å²) in [5, 5.41) is 6.13. The number of likely N-dealkylation sites (N-methyl/N-ethyl adjacent to an activating group) is 1. The number of anilines is 4. The quantitative estimate of drug-likeness (QED) is 0.281. The fourth-order valence-corrected chi connectivity index (χ4v) is 7.92. The highest BCUT2D eigenvalue weighted by Crippen LogP contribution is 2.56. The number of benzene rings is 2. The fourth-order valence-electron chi connectivity index (χ4n) is 6.63. The maximum atomic E-state index is 15.3. The van der Waals surface area contributed by atoms with Crippen LogP contribution in [0.4, 0.5) is 27.3 Å². The van der Waals surface area contributed by atoms with Crippen LogP contribution in [-0.2, 0) is 7.05 Å². The minimum absolute atomic E-state index is 0.0978. The lowest BCUT2D eigenvalue weighted by Crippen LogP contribution is -2.44.